The van der Waals surface area contributed by atoms with Crippen LogP contribution in [0, 0.1) is 0 Å². The lowest BCUT2D eigenvalue weighted by Gasteiger charge is -2.11. The molecule has 6 nitrogen and oxygen atoms in total. The molecule has 0 saturated heterocycles. The zero-order chi connectivity index (χ0) is 42.4. The highest BCUT2D eigenvalue weighted by molar-refractivity contribution is 7.26. The number of hydrogen-bond acceptors (Lipinski definition) is 6. The van der Waals surface area contributed by atoms with Gasteiger partial charge in [-0.2, -0.15) is 0 Å². The molecule has 0 spiro atoms. The molecule has 7 heteroatoms. The lowest BCUT2D eigenvalue weighted by molar-refractivity contribution is 0.968. The van der Waals surface area contributed by atoms with Crippen molar-refractivity contribution >= 4 is 37.2 Å². The molecule has 0 bridgehead atoms. The Morgan fingerprint density at radius 2 is 0.812 bits per heavy atom. The maximum Gasteiger partial charge on any atom is 0.182 e. The van der Waals surface area contributed by atoms with Crippen LogP contribution in [0.3, 0.4) is 0 Å². The highest BCUT2D eigenvalue weighted by atomic mass is 32.1. The Morgan fingerprint density at radius 1 is 0.312 bits per heavy atom. The third kappa shape index (κ3) is 6.90. The SMILES string of the molecule is c1ccc(-c2ccc3sc4c(-c5cccc(-c6nc(-c7ccccc7)nc(-c7ccccc7)n6)c5)cc(-c5nc6c(-c7ccccc7)cc(-c7ccccc7)cn6n5)cc4c3c2)cc1. The van der Waals surface area contributed by atoms with E-state index in [1.807, 2.05) is 88.6 Å². The Hall–Kier alpha value is -8.39. The summed E-state index contributed by atoms with van der Waals surface area (Å²) in [5.74, 6) is 2.51. The van der Waals surface area contributed by atoms with Gasteiger partial charge in [0.1, 0.15) is 0 Å². The normalized spacial score (nSPS) is 11.4. The number of rotatable bonds is 8. The van der Waals surface area contributed by atoms with Gasteiger partial charge in [-0.1, -0.05) is 176 Å². The maximum absolute atomic E-state index is 5.34. The van der Waals surface area contributed by atoms with Crippen molar-refractivity contribution in [1.29, 1.82) is 0 Å². The standard InChI is InChI=1S/C57H36N6S/c1-6-17-37(18-7-1)42-29-30-51-49(32-42)50-34-45(56-61-57-48(39-21-10-3-11-22-39)35-46(36-63(57)62-56)38-19-8-2-9-20-38)33-47(52(50)64-51)43-27-16-28-44(31-43)55-59-53(40-23-12-4-13-24-40)58-54(60-55)41-25-14-5-15-26-41/h1-36H. The first kappa shape index (κ1) is 37.4. The molecule has 0 aliphatic rings. The molecule has 300 valence electrons. The molecule has 0 amide bonds. The molecule has 0 N–H and O–H groups in total. The number of hydrogen-bond donors (Lipinski definition) is 0. The maximum atomic E-state index is 5.34. The molecule has 0 aliphatic heterocycles. The zero-order valence-electron chi connectivity index (χ0n) is 34.4. The predicted molar refractivity (Wildman–Crippen MR) is 263 cm³/mol. The Bertz CT molecular complexity index is 3590. The van der Waals surface area contributed by atoms with E-state index in [4.69, 9.17) is 25.0 Å². The summed E-state index contributed by atoms with van der Waals surface area (Å²) in [4.78, 5) is 20.4. The lowest BCUT2D eigenvalue weighted by atomic mass is 9.96. The van der Waals surface area contributed by atoms with Crippen LogP contribution >= 0.6 is 11.3 Å². The minimum atomic E-state index is 0.607. The summed E-state index contributed by atoms with van der Waals surface area (Å²) in [6.07, 6.45) is 2.09. The van der Waals surface area contributed by atoms with E-state index in [1.54, 1.807) is 0 Å². The van der Waals surface area contributed by atoms with Gasteiger partial charge < -0.3 is 0 Å². The van der Waals surface area contributed by atoms with Crippen LogP contribution in [0.4, 0.5) is 0 Å². The van der Waals surface area contributed by atoms with Gasteiger partial charge in [0.2, 0.25) is 0 Å². The van der Waals surface area contributed by atoms with Crippen LogP contribution in [0.1, 0.15) is 0 Å². The highest BCUT2D eigenvalue weighted by Crippen LogP contribution is 2.44. The minimum absolute atomic E-state index is 0.607. The van der Waals surface area contributed by atoms with E-state index in [9.17, 15) is 0 Å². The first-order valence-electron chi connectivity index (χ1n) is 21.2. The quantitative estimate of drug-likeness (QED) is 0.152. The van der Waals surface area contributed by atoms with Crippen molar-refractivity contribution in [3.05, 3.63) is 219 Å². The molecule has 12 aromatic rings. The lowest BCUT2D eigenvalue weighted by Crippen LogP contribution is -2.00. The van der Waals surface area contributed by atoms with E-state index in [-0.39, 0.29) is 0 Å². The molecule has 0 atom stereocenters. The third-order valence-electron chi connectivity index (χ3n) is 11.7. The van der Waals surface area contributed by atoms with Gasteiger partial charge in [-0.05, 0) is 64.2 Å². The third-order valence-corrected chi connectivity index (χ3v) is 12.9. The van der Waals surface area contributed by atoms with E-state index >= 15 is 0 Å². The summed E-state index contributed by atoms with van der Waals surface area (Å²) in [7, 11) is 0. The highest BCUT2D eigenvalue weighted by Gasteiger charge is 2.20. The number of benzene rings is 8. The average molecular weight is 837 g/mol. The van der Waals surface area contributed by atoms with Crippen LogP contribution in [0.25, 0.3) is 116 Å². The molecule has 4 aromatic heterocycles. The van der Waals surface area contributed by atoms with Gasteiger partial charge in [-0.15, -0.1) is 16.4 Å². The minimum Gasteiger partial charge on any atom is -0.219 e. The van der Waals surface area contributed by atoms with Gasteiger partial charge >= 0.3 is 0 Å². The number of pyridine rings is 1. The van der Waals surface area contributed by atoms with E-state index in [0.717, 1.165) is 66.7 Å². The van der Waals surface area contributed by atoms with E-state index < -0.39 is 0 Å². The fourth-order valence-corrected chi connectivity index (χ4v) is 9.72. The summed E-state index contributed by atoms with van der Waals surface area (Å²) in [5, 5.41) is 7.60. The fraction of sp³-hybridized carbons (Fsp3) is 0. The van der Waals surface area contributed by atoms with Crippen LogP contribution < -0.4 is 0 Å². The monoisotopic (exact) mass is 836 g/mol. The molecule has 0 aliphatic carbocycles. The summed E-state index contributed by atoms with van der Waals surface area (Å²) < 4.78 is 4.34. The second kappa shape index (κ2) is 15.8. The molecule has 64 heavy (non-hydrogen) atoms. The first-order chi connectivity index (χ1) is 31.7. The number of nitrogens with zero attached hydrogens (tertiary/aromatic N) is 6. The van der Waals surface area contributed by atoms with Crippen molar-refractivity contribution in [3.8, 4) is 90.1 Å². The molecular formula is C57H36N6S. The van der Waals surface area contributed by atoms with Gasteiger partial charge in [0.15, 0.2) is 28.9 Å². The van der Waals surface area contributed by atoms with Gasteiger partial charge in [0.05, 0.1) is 0 Å². The Balaban J connectivity index is 1.07. The predicted octanol–water partition coefficient (Wildman–Crippen LogP) is 14.6. The number of aromatic nitrogens is 6. The van der Waals surface area contributed by atoms with Gasteiger partial charge in [-0.3, -0.25) is 0 Å². The summed E-state index contributed by atoms with van der Waals surface area (Å²) in [5.41, 5.74) is 13.3. The molecule has 0 fully saturated rings. The van der Waals surface area contributed by atoms with Crippen molar-refractivity contribution in [2.75, 3.05) is 0 Å². The van der Waals surface area contributed by atoms with E-state index in [0.29, 0.717) is 23.3 Å². The molecule has 4 heterocycles. The second-order valence-electron chi connectivity index (χ2n) is 15.8. The topological polar surface area (TPSA) is 68.9 Å². The van der Waals surface area contributed by atoms with Gasteiger partial charge in [0, 0.05) is 65.3 Å². The van der Waals surface area contributed by atoms with Crippen LogP contribution in [-0.4, -0.2) is 29.5 Å². The first-order valence-corrected chi connectivity index (χ1v) is 22.1. The van der Waals surface area contributed by atoms with Crippen molar-refractivity contribution in [3.63, 3.8) is 0 Å². The van der Waals surface area contributed by atoms with Gasteiger partial charge in [-0.25, -0.2) is 24.5 Å². The largest absolute Gasteiger partial charge is 0.219 e. The smallest absolute Gasteiger partial charge is 0.182 e. The average Bonchev–Trinajstić information content (AvgIpc) is 3.99. The van der Waals surface area contributed by atoms with E-state index in [2.05, 4.69) is 146 Å². The number of fused-ring (bicyclic) bond motifs is 4. The molecule has 0 unspecified atom stereocenters. The molecule has 8 aromatic carbocycles. The fourth-order valence-electron chi connectivity index (χ4n) is 8.52. The molecule has 0 radical (unpaired) electrons. The summed E-state index contributed by atoms with van der Waals surface area (Å²) in [6.45, 7) is 0. The van der Waals surface area contributed by atoms with Crippen LogP contribution in [-0.2, 0) is 0 Å². The van der Waals surface area contributed by atoms with Crippen molar-refractivity contribution in [2.24, 2.45) is 0 Å². The van der Waals surface area contributed by atoms with E-state index in [1.165, 1.54) is 25.9 Å². The summed E-state index contributed by atoms with van der Waals surface area (Å²) in [6, 6.07) is 73.8. The van der Waals surface area contributed by atoms with Crippen molar-refractivity contribution in [2.45, 2.75) is 0 Å². The molecule has 12 rings (SSSR count). The van der Waals surface area contributed by atoms with Crippen molar-refractivity contribution in [1.82, 2.24) is 29.5 Å². The van der Waals surface area contributed by atoms with Crippen LogP contribution in [0.2, 0.25) is 0 Å². The molecule has 0 saturated carbocycles. The summed E-state index contributed by atoms with van der Waals surface area (Å²) >= 11 is 1.81. The second-order valence-corrected chi connectivity index (χ2v) is 16.8. The van der Waals surface area contributed by atoms with Crippen molar-refractivity contribution < 1.29 is 0 Å². The number of thiophene rings is 1. The van der Waals surface area contributed by atoms with Gasteiger partial charge in [0.25, 0.3) is 0 Å². The molecular weight excluding hydrogens is 801 g/mol. The Kier molecular flexibility index (Phi) is 9.24. The Labute approximate surface area is 373 Å². The van der Waals surface area contributed by atoms with Crippen LogP contribution in [0.15, 0.2) is 219 Å². The zero-order valence-corrected chi connectivity index (χ0v) is 35.2. The Morgan fingerprint density at radius 3 is 1.44 bits per heavy atom. The van der Waals surface area contributed by atoms with Crippen LogP contribution in [0.5, 0.6) is 0 Å².